The quantitative estimate of drug-likeness (QED) is 0.559. The number of nitrogens with one attached hydrogen (secondary N) is 2. The van der Waals surface area contributed by atoms with Crippen LogP contribution in [-0.4, -0.2) is 41.1 Å². The zero-order valence-corrected chi connectivity index (χ0v) is 16.0. The lowest BCUT2D eigenvalue weighted by molar-refractivity contribution is 0.589. The van der Waals surface area contributed by atoms with Gasteiger partial charge in [0.05, 0.1) is 11.2 Å². The van der Waals surface area contributed by atoms with Crippen LogP contribution in [0.15, 0.2) is 73.1 Å². The van der Waals surface area contributed by atoms with E-state index in [1.807, 2.05) is 42.6 Å². The molecule has 0 bridgehead atoms. The maximum Gasteiger partial charge on any atom is 0.227 e. The van der Waals surface area contributed by atoms with Gasteiger partial charge >= 0.3 is 0 Å². The summed E-state index contributed by atoms with van der Waals surface area (Å²) in [6.07, 6.45) is 3.65. The lowest BCUT2D eigenvalue weighted by atomic mass is 10.1. The molecule has 0 atom stereocenters. The highest BCUT2D eigenvalue weighted by Gasteiger charge is 2.11. The van der Waals surface area contributed by atoms with Crippen LogP contribution in [0.5, 0.6) is 0 Å². The van der Waals surface area contributed by atoms with Gasteiger partial charge in [-0.1, -0.05) is 24.3 Å². The molecule has 1 aliphatic heterocycles. The fourth-order valence-corrected chi connectivity index (χ4v) is 3.65. The summed E-state index contributed by atoms with van der Waals surface area (Å²) in [6, 6.07) is 20.4. The first-order valence-electron chi connectivity index (χ1n) is 9.87. The van der Waals surface area contributed by atoms with Crippen molar-refractivity contribution in [3.8, 4) is 11.3 Å². The molecule has 2 aromatic carbocycles. The molecule has 0 saturated carbocycles. The molecule has 0 spiro atoms. The van der Waals surface area contributed by atoms with Gasteiger partial charge < -0.3 is 15.5 Å². The van der Waals surface area contributed by atoms with Crippen molar-refractivity contribution in [1.29, 1.82) is 0 Å². The highest BCUT2D eigenvalue weighted by atomic mass is 15.2. The average molecular weight is 382 g/mol. The zero-order chi connectivity index (χ0) is 19.5. The van der Waals surface area contributed by atoms with Crippen LogP contribution in [0.25, 0.3) is 22.2 Å². The van der Waals surface area contributed by atoms with E-state index in [2.05, 4.69) is 49.8 Å². The smallest absolute Gasteiger partial charge is 0.227 e. The monoisotopic (exact) mass is 382 g/mol. The second-order valence-corrected chi connectivity index (χ2v) is 7.06. The van der Waals surface area contributed by atoms with Crippen LogP contribution in [0.4, 0.5) is 17.3 Å². The van der Waals surface area contributed by atoms with Gasteiger partial charge in [-0.3, -0.25) is 4.98 Å². The molecule has 5 rings (SSSR count). The summed E-state index contributed by atoms with van der Waals surface area (Å²) >= 11 is 0. The van der Waals surface area contributed by atoms with Crippen molar-refractivity contribution in [2.75, 3.05) is 36.4 Å². The van der Waals surface area contributed by atoms with E-state index in [1.54, 1.807) is 6.20 Å². The van der Waals surface area contributed by atoms with Gasteiger partial charge in [0.15, 0.2) is 0 Å². The third kappa shape index (κ3) is 3.75. The number of fused-ring (bicyclic) bond motifs is 1. The minimum Gasteiger partial charge on any atom is -0.369 e. The van der Waals surface area contributed by atoms with Crippen molar-refractivity contribution >= 4 is 28.2 Å². The summed E-state index contributed by atoms with van der Waals surface area (Å²) < 4.78 is 0. The van der Waals surface area contributed by atoms with Crippen molar-refractivity contribution in [1.82, 2.24) is 20.3 Å². The predicted octanol–water partition coefficient (Wildman–Crippen LogP) is 3.85. The second kappa shape index (κ2) is 7.85. The van der Waals surface area contributed by atoms with Crippen LogP contribution in [-0.2, 0) is 0 Å². The molecule has 2 aromatic heterocycles. The standard InChI is InChI=1S/C23H22N6/c1-2-11-25-21(6-1)20-5-3-4-17-16-26-23(28-22(17)20)27-18-7-9-19(10-8-18)29-14-12-24-13-15-29/h1-11,16,24H,12-15H2,(H,26,27,28). The van der Waals surface area contributed by atoms with Gasteiger partial charge in [0, 0.05) is 60.9 Å². The van der Waals surface area contributed by atoms with Crippen molar-refractivity contribution in [3.63, 3.8) is 0 Å². The molecule has 6 nitrogen and oxygen atoms in total. The van der Waals surface area contributed by atoms with Crippen molar-refractivity contribution in [2.45, 2.75) is 0 Å². The Morgan fingerprint density at radius 3 is 2.52 bits per heavy atom. The second-order valence-electron chi connectivity index (χ2n) is 7.06. The fraction of sp³-hybridized carbons (Fsp3) is 0.174. The van der Waals surface area contributed by atoms with Crippen LogP contribution in [0, 0.1) is 0 Å². The lowest BCUT2D eigenvalue weighted by Crippen LogP contribution is -2.43. The molecule has 144 valence electrons. The van der Waals surface area contributed by atoms with Gasteiger partial charge in [0.1, 0.15) is 0 Å². The molecule has 0 amide bonds. The van der Waals surface area contributed by atoms with Crippen LogP contribution in [0.1, 0.15) is 0 Å². The highest BCUT2D eigenvalue weighted by Crippen LogP contribution is 2.27. The third-order valence-electron chi connectivity index (χ3n) is 5.16. The van der Waals surface area contributed by atoms with Crippen LogP contribution >= 0.6 is 0 Å². The number of piperazine rings is 1. The normalized spacial score (nSPS) is 14.1. The molecule has 1 saturated heterocycles. The zero-order valence-electron chi connectivity index (χ0n) is 16.0. The SMILES string of the molecule is c1ccc(-c2cccc3cnc(Nc4ccc(N5CCNCC5)cc4)nc23)nc1. The summed E-state index contributed by atoms with van der Waals surface area (Å²) in [6.45, 7) is 4.14. The van der Waals surface area contributed by atoms with E-state index in [0.717, 1.165) is 54.0 Å². The topological polar surface area (TPSA) is 66.0 Å². The number of aromatic nitrogens is 3. The molecule has 1 aliphatic rings. The van der Waals surface area contributed by atoms with E-state index < -0.39 is 0 Å². The Balaban J connectivity index is 1.42. The number of hydrogen-bond acceptors (Lipinski definition) is 6. The van der Waals surface area contributed by atoms with Crippen molar-refractivity contribution in [2.24, 2.45) is 0 Å². The third-order valence-corrected chi connectivity index (χ3v) is 5.16. The first-order chi connectivity index (χ1) is 14.4. The molecule has 6 heteroatoms. The molecule has 0 aliphatic carbocycles. The molecule has 4 aromatic rings. The van der Waals surface area contributed by atoms with E-state index in [0.29, 0.717) is 5.95 Å². The molecular formula is C23H22N6. The summed E-state index contributed by atoms with van der Waals surface area (Å²) in [5.74, 6) is 0.579. The van der Waals surface area contributed by atoms with Crippen LogP contribution in [0.3, 0.4) is 0 Å². The van der Waals surface area contributed by atoms with E-state index in [1.165, 1.54) is 5.69 Å². The van der Waals surface area contributed by atoms with Gasteiger partial charge in [-0.15, -0.1) is 0 Å². The van der Waals surface area contributed by atoms with Crippen molar-refractivity contribution < 1.29 is 0 Å². The molecule has 1 fully saturated rings. The Morgan fingerprint density at radius 2 is 1.72 bits per heavy atom. The number of pyridine rings is 1. The average Bonchev–Trinajstić information content (AvgIpc) is 2.80. The minimum atomic E-state index is 0.579. The molecule has 0 radical (unpaired) electrons. The number of benzene rings is 2. The van der Waals surface area contributed by atoms with Gasteiger partial charge in [0.2, 0.25) is 5.95 Å². The fourth-order valence-electron chi connectivity index (χ4n) is 3.65. The van der Waals surface area contributed by atoms with E-state index in [-0.39, 0.29) is 0 Å². The minimum absolute atomic E-state index is 0.579. The number of hydrogen-bond donors (Lipinski definition) is 2. The van der Waals surface area contributed by atoms with E-state index in [4.69, 9.17) is 4.98 Å². The van der Waals surface area contributed by atoms with E-state index >= 15 is 0 Å². The number of nitrogens with zero attached hydrogens (tertiary/aromatic N) is 4. The number of para-hydroxylation sites is 1. The maximum atomic E-state index is 4.78. The summed E-state index contributed by atoms with van der Waals surface area (Å²) in [5.41, 5.74) is 5.01. The first kappa shape index (κ1) is 17.6. The predicted molar refractivity (Wildman–Crippen MR) is 118 cm³/mol. The Labute approximate surface area is 169 Å². The molecule has 3 heterocycles. The Morgan fingerprint density at radius 1 is 0.862 bits per heavy atom. The van der Waals surface area contributed by atoms with Gasteiger partial charge in [-0.2, -0.15) is 0 Å². The Bertz CT molecular complexity index is 1110. The van der Waals surface area contributed by atoms with Gasteiger partial charge in [-0.25, -0.2) is 9.97 Å². The summed E-state index contributed by atoms with van der Waals surface area (Å²) in [4.78, 5) is 16.1. The number of rotatable bonds is 4. The summed E-state index contributed by atoms with van der Waals surface area (Å²) in [5, 5.41) is 7.71. The first-order valence-corrected chi connectivity index (χ1v) is 9.87. The van der Waals surface area contributed by atoms with Gasteiger partial charge in [-0.05, 0) is 36.4 Å². The van der Waals surface area contributed by atoms with Crippen LogP contribution < -0.4 is 15.5 Å². The molecular weight excluding hydrogens is 360 g/mol. The van der Waals surface area contributed by atoms with Crippen LogP contribution in [0.2, 0.25) is 0 Å². The summed E-state index contributed by atoms with van der Waals surface area (Å²) in [7, 11) is 0. The van der Waals surface area contributed by atoms with Crippen molar-refractivity contribution in [3.05, 3.63) is 73.1 Å². The number of anilines is 3. The molecule has 29 heavy (non-hydrogen) atoms. The van der Waals surface area contributed by atoms with E-state index in [9.17, 15) is 0 Å². The molecule has 2 N–H and O–H groups in total. The van der Waals surface area contributed by atoms with Gasteiger partial charge in [0.25, 0.3) is 0 Å². The lowest BCUT2D eigenvalue weighted by Gasteiger charge is -2.29. The largest absolute Gasteiger partial charge is 0.369 e. The Kier molecular flexibility index (Phi) is 4.76. The highest BCUT2D eigenvalue weighted by molar-refractivity contribution is 5.92. The Hall–Kier alpha value is -3.51. The molecule has 0 unspecified atom stereocenters. The maximum absolute atomic E-state index is 4.78.